The molecule has 7 nitrogen and oxygen atoms in total. The van der Waals surface area contributed by atoms with E-state index < -0.39 is 24.0 Å². The molecule has 9 heteroatoms. The molecule has 0 bridgehead atoms. The summed E-state index contributed by atoms with van der Waals surface area (Å²) in [6.07, 6.45) is 5.51. The number of aromatic nitrogens is 2. The van der Waals surface area contributed by atoms with E-state index >= 15 is 0 Å². The van der Waals surface area contributed by atoms with Crippen LogP contribution < -0.4 is 5.32 Å². The van der Waals surface area contributed by atoms with Gasteiger partial charge in [-0.3, -0.25) is 9.78 Å². The number of aromatic hydroxyl groups is 1. The molecule has 2 heterocycles. The molecular formula is C25H28ClFN4O3. The lowest BCUT2D eigenvalue weighted by molar-refractivity contribution is 0.0904. The van der Waals surface area contributed by atoms with Gasteiger partial charge >= 0.3 is 0 Å². The van der Waals surface area contributed by atoms with Crippen LogP contribution in [0, 0.1) is 11.7 Å². The van der Waals surface area contributed by atoms with Gasteiger partial charge in [-0.15, -0.1) is 0 Å². The lowest BCUT2D eigenvalue weighted by atomic mass is 9.85. The van der Waals surface area contributed by atoms with Crippen molar-refractivity contribution in [2.75, 3.05) is 32.6 Å². The quantitative estimate of drug-likeness (QED) is 0.423. The van der Waals surface area contributed by atoms with E-state index in [1.54, 1.807) is 12.1 Å². The first kappa shape index (κ1) is 24.3. The molecule has 1 aromatic carbocycles. The maximum Gasteiger partial charge on any atom is 0.191 e. The Labute approximate surface area is 202 Å². The number of ketones is 1. The fourth-order valence-electron chi connectivity index (χ4n) is 4.59. The number of pyridine rings is 2. The maximum atomic E-state index is 14.1. The fourth-order valence-corrected chi connectivity index (χ4v) is 4.80. The van der Waals surface area contributed by atoms with Crippen LogP contribution in [0.3, 0.4) is 0 Å². The number of rotatable bonds is 7. The molecule has 4 rings (SSSR count). The highest BCUT2D eigenvalue weighted by atomic mass is 35.5. The van der Waals surface area contributed by atoms with Crippen LogP contribution >= 0.6 is 11.6 Å². The van der Waals surface area contributed by atoms with Crippen molar-refractivity contribution in [3.63, 3.8) is 0 Å². The molecular weight excluding hydrogens is 459 g/mol. The number of phenols is 1. The molecule has 0 amide bonds. The fraction of sp³-hybridized carbons (Fsp3) is 0.400. The van der Waals surface area contributed by atoms with Gasteiger partial charge in [0.25, 0.3) is 0 Å². The zero-order valence-electron chi connectivity index (χ0n) is 19.2. The van der Waals surface area contributed by atoms with E-state index in [0.29, 0.717) is 33.9 Å². The summed E-state index contributed by atoms with van der Waals surface area (Å²) in [5.41, 5.74) is 2.61. The number of carbonyl (C=O) groups excluding carboxylic acids is 1. The number of Topliss-reactive ketones (excluding diaryl/α,β-unsaturated/α-hetero) is 1. The number of phenolic OH excluding ortho intramolecular Hbond substituents is 1. The summed E-state index contributed by atoms with van der Waals surface area (Å²) in [7, 11) is 4.16. The van der Waals surface area contributed by atoms with Gasteiger partial charge < -0.3 is 20.4 Å². The summed E-state index contributed by atoms with van der Waals surface area (Å²) >= 11 is 5.96. The first-order valence-corrected chi connectivity index (χ1v) is 11.7. The van der Waals surface area contributed by atoms with Crippen molar-refractivity contribution in [3.05, 3.63) is 46.9 Å². The van der Waals surface area contributed by atoms with Crippen molar-refractivity contribution in [1.82, 2.24) is 14.9 Å². The highest BCUT2D eigenvalue weighted by Crippen LogP contribution is 2.35. The lowest BCUT2D eigenvalue weighted by Gasteiger charge is -2.31. The molecule has 34 heavy (non-hydrogen) atoms. The molecule has 0 saturated heterocycles. The van der Waals surface area contributed by atoms with E-state index in [2.05, 4.69) is 34.3 Å². The van der Waals surface area contributed by atoms with Gasteiger partial charge in [0.05, 0.1) is 27.5 Å². The number of halogens is 2. The number of fused-ring (bicyclic) bond motifs is 1. The highest BCUT2D eigenvalue weighted by molar-refractivity contribution is 6.32. The monoisotopic (exact) mass is 486 g/mol. The van der Waals surface area contributed by atoms with Crippen LogP contribution in [0.5, 0.6) is 5.75 Å². The number of benzene rings is 1. The third-order valence-electron chi connectivity index (χ3n) is 6.29. The van der Waals surface area contributed by atoms with Gasteiger partial charge in [0.1, 0.15) is 12.1 Å². The largest absolute Gasteiger partial charge is 0.504 e. The summed E-state index contributed by atoms with van der Waals surface area (Å²) in [4.78, 5) is 23.8. The molecule has 0 atom stereocenters. The number of aliphatic hydroxyl groups is 1. The summed E-state index contributed by atoms with van der Waals surface area (Å²) in [5.74, 6) is -1.28. The predicted octanol–water partition coefficient (Wildman–Crippen LogP) is 4.50. The zero-order chi connectivity index (χ0) is 24.4. The smallest absolute Gasteiger partial charge is 0.191 e. The topological polar surface area (TPSA) is 98.6 Å². The molecule has 2 aromatic heterocycles. The van der Waals surface area contributed by atoms with E-state index in [1.165, 1.54) is 12.3 Å². The molecule has 1 fully saturated rings. The molecule has 180 valence electrons. The number of nitrogens with zero attached hydrogens (tertiary/aromatic N) is 3. The van der Waals surface area contributed by atoms with Crippen molar-refractivity contribution >= 4 is 34.1 Å². The minimum absolute atomic E-state index is 0.118. The van der Waals surface area contributed by atoms with Crippen LogP contribution in [-0.2, 0) is 0 Å². The second-order valence-corrected chi connectivity index (χ2v) is 9.51. The normalized spacial score (nSPS) is 18.4. The second kappa shape index (κ2) is 10.2. The van der Waals surface area contributed by atoms with Crippen molar-refractivity contribution < 1.29 is 19.4 Å². The molecule has 3 aromatic rings. The van der Waals surface area contributed by atoms with Crippen LogP contribution in [-0.4, -0.2) is 64.2 Å². The number of nitrogens with one attached hydrogen (secondary N) is 1. The van der Waals surface area contributed by atoms with Gasteiger partial charge in [-0.05, 0) is 70.0 Å². The number of aliphatic hydroxyl groups excluding tert-OH is 1. The standard InChI is InChI=1S/C25H28ClFN4O3/c1-31(2)12-14-3-5-16(6-4-14)29-23-17(22(33)13-32)11-28-21-8-7-20(30-24(21)23)15-9-18(26)25(34)19(27)10-15/h7-11,14,16,32,34H,3-6,12-13H2,1-2H3,(H,28,29)/t14-,16-. The first-order valence-electron chi connectivity index (χ1n) is 11.3. The van der Waals surface area contributed by atoms with E-state index in [1.807, 2.05) is 0 Å². The summed E-state index contributed by atoms with van der Waals surface area (Å²) < 4.78 is 14.1. The Bertz CT molecular complexity index is 1190. The van der Waals surface area contributed by atoms with Gasteiger partial charge in [-0.2, -0.15) is 0 Å². The van der Waals surface area contributed by atoms with E-state index in [9.17, 15) is 19.4 Å². The van der Waals surface area contributed by atoms with Crippen molar-refractivity contribution in [2.45, 2.75) is 31.7 Å². The van der Waals surface area contributed by atoms with Crippen LogP contribution in [0.1, 0.15) is 36.0 Å². The maximum absolute atomic E-state index is 14.1. The third-order valence-corrected chi connectivity index (χ3v) is 6.58. The zero-order valence-corrected chi connectivity index (χ0v) is 19.9. The van der Waals surface area contributed by atoms with E-state index in [4.69, 9.17) is 11.6 Å². The van der Waals surface area contributed by atoms with Crippen molar-refractivity contribution in [3.8, 4) is 17.0 Å². The number of hydrogen-bond acceptors (Lipinski definition) is 7. The SMILES string of the molecule is CN(C)C[C@H]1CC[C@H](Nc2c(C(=O)CO)cnc3ccc(-c4cc(F)c(O)c(Cl)c4)nc23)CC1. The van der Waals surface area contributed by atoms with Crippen LogP contribution in [0.25, 0.3) is 22.3 Å². The second-order valence-electron chi connectivity index (χ2n) is 9.11. The Morgan fingerprint density at radius 3 is 2.62 bits per heavy atom. The molecule has 0 spiro atoms. The van der Waals surface area contributed by atoms with Gasteiger partial charge in [0.15, 0.2) is 17.3 Å². The number of carbonyl (C=O) groups is 1. The Kier molecular flexibility index (Phi) is 7.30. The number of hydrogen-bond donors (Lipinski definition) is 3. The Balaban J connectivity index is 1.72. The lowest BCUT2D eigenvalue weighted by Crippen LogP contribution is -2.31. The average molecular weight is 487 g/mol. The predicted molar refractivity (Wildman–Crippen MR) is 131 cm³/mol. The average Bonchev–Trinajstić information content (AvgIpc) is 2.82. The summed E-state index contributed by atoms with van der Waals surface area (Å²) in [6, 6.07) is 6.16. The molecule has 1 aliphatic rings. The van der Waals surface area contributed by atoms with Crippen molar-refractivity contribution in [2.24, 2.45) is 5.92 Å². The van der Waals surface area contributed by atoms with Gasteiger partial charge in [-0.25, -0.2) is 9.37 Å². The Hall–Kier alpha value is -2.81. The van der Waals surface area contributed by atoms with Crippen LogP contribution in [0.4, 0.5) is 10.1 Å². The minimum atomic E-state index is -0.848. The van der Waals surface area contributed by atoms with E-state index in [0.717, 1.165) is 38.3 Å². The Morgan fingerprint density at radius 1 is 1.24 bits per heavy atom. The molecule has 0 unspecified atom stereocenters. The highest BCUT2D eigenvalue weighted by Gasteiger charge is 2.25. The molecule has 0 aliphatic heterocycles. The van der Waals surface area contributed by atoms with Gasteiger partial charge in [0, 0.05) is 24.3 Å². The van der Waals surface area contributed by atoms with E-state index in [-0.39, 0.29) is 16.6 Å². The summed E-state index contributed by atoms with van der Waals surface area (Å²) in [5, 5.41) is 22.6. The van der Waals surface area contributed by atoms with Crippen LogP contribution in [0.15, 0.2) is 30.5 Å². The molecule has 1 aliphatic carbocycles. The van der Waals surface area contributed by atoms with Gasteiger partial charge in [-0.1, -0.05) is 11.6 Å². The first-order chi connectivity index (χ1) is 16.3. The molecule has 0 radical (unpaired) electrons. The minimum Gasteiger partial charge on any atom is -0.504 e. The molecule has 3 N–H and O–H groups in total. The van der Waals surface area contributed by atoms with Crippen LogP contribution in [0.2, 0.25) is 5.02 Å². The van der Waals surface area contributed by atoms with Gasteiger partial charge in [0.2, 0.25) is 0 Å². The van der Waals surface area contributed by atoms with Crippen molar-refractivity contribution in [1.29, 1.82) is 0 Å². The summed E-state index contributed by atoms with van der Waals surface area (Å²) in [6.45, 7) is 0.408. The third kappa shape index (κ3) is 5.14. The molecule has 1 saturated carbocycles. The Morgan fingerprint density at radius 2 is 1.97 bits per heavy atom. The number of anilines is 1.